The summed E-state index contributed by atoms with van der Waals surface area (Å²) in [5, 5.41) is 1.06. The average Bonchev–Trinajstić information content (AvgIpc) is 2.75. The summed E-state index contributed by atoms with van der Waals surface area (Å²) in [6.07, 6.45) is -9.09. The predicted molar refractivity (Wildman–Crippen MR) is 116 cm³/mol. The van der Waals surface area contributed by atoms with Crippen LogP contribution in [0.2, 0.25) is 0 Å². The summed E-state index contributed by atoms with van der Waals surface area (Å²) < 4.78 is 88.9. The van der Waals surface area contributed by atoms with Crippen LogP contribution in [0.1, 0.15) is 11.1 Å². The van der Waals surface area contributed by atoms with E-state index in [4.69, 9.17) is 20.9 Å². The average molecular weight is 478 g/mol. The standard InChI is InChI=1S/C24H16F6N2O2/c25-23(26,27)13-7-9-21(17(31)11-13)33-19-5-1-3-15-16(19)4-2-6-20(15)34-22-10-8-14(12-18(22)32)24(28,29)30/h1-12H,31-32H2. The minimum atomic E-state index is -4.54. The molecule has 0 aliphatic rings. The first-order valence-corrected chi connectivity index (χ1v) is 9.74. The van der Waals surface area contributed by atoms with Gasteiger partial charge in [0.1, 0.15) is 23.0 Å². The molecule has 4 aromatic carbocycles. The second-order valence-electron chi connectivity index (χ2n) is 7.31. The van der Waals surface area contributed by atoms with Crippen LogP contribution in [0.25, 0.3) is 10.8 Å². The van der Waals surface area contributed by atoms with Crippen molar-refractivity contribution in [3.63, 3.8) is 0 Å². The molecule has 0 saturated carbocycles. The van der Waals surface area contributed by atoms with Crippen molar-refractivity contribution in [3.05, 3.63) is 83.9 Å². The van der Waals surface area contributed by atoms with Gasteiger partial charge in [0.05, 0.1) is 22.5 Å². The number of anilines is 2. The first-order chi connectivity index (χ1) is 15.9. The third kappa shape index (κ3) is 4.66. The van der Waals surface area contributed by atoms with Gasteiger partial charge in [-0.3, -0.25) is 0 Å². The van der Waals surface area contributed by atoms with Gasteiger partial charge in [-0.2, -0.15) is 26.3 Å². The van der Waals surface area contributed by atoms with Crippen LogP contribution in [-0.4, -0.2) is 0 Å². The molecule has 4 aromatic rings. The highest BCUT2D eigenvalue weighted by Crippen LogP contribution is 2.41. The Hall–Kier alpha value is -4.08. The lowest BCUT2D eigenvalue weighted by Gasteiger charge is -2.15. The van der Waals surface area contributed by atoms with Crippen LogP contribution in [0.15, 0.2) is 72.8 Å². The molecule has 34 heavy (non-hydrogen) atoms. The number of benzene rings is 4. The quantitative estimate of drug-likeness (QED) is 0.234. The number of alkyl halides is 6. The van der Waals surface area contributed by atoms with E-state index in [0.29, 0.717) is 10.8 Å². The molecule has 0 radical (unpaired) electrons. The van der Waals surface area contributed by atoms with Gasteiger partial charge in [-0.25, -0.2) is 0 Å². The number of hydrogen-bond donors (Lipinski definition) is 2. The van der Waals surface area contributed by atoms with Crippen molar-refractivity contribution in [1.82, 2.24) is 0 Å². The van der Waals surface area contributed by atoms with E-state index in [1.54, 1.807) is 36.4 Å². The van der Waals surface area contributed by atoms with Crippen LogP contribution in [0, 0.1) is 0 Å². The molecule has 4 N–H and O–H groups in total. The zero-order valence-electron chi connectivity index (χ0n) is 17.2. The normalized spacial score (nSPS) is 12.1. The first-order valence-electron chi connectivity index (χ1n) is 9.74. The van der Waals surface area contributed by atoms with Gasteiger partial charge in [0, 0.05) is 10.8 Å². The van der Waals surface area contributed by atoms with Crippen LogP contribution in [0.4, 0.5) is 37.7 Å². The van der Waals surface area contributed by atoms with Crippen molar-refractivity contribution in [2.75, 3.05) is 11.5 Å². The molecule has 0 aliphatic carbocycles. The van der Waals surface area contributed by atoms with Crippen molar-refractivity contribution in [1.29, 1.82) is 0 Å². The number of nitrogen functional groups attached to an aromatic ring is 2. The Kier molecular flexibility index (Phi) is 5.68. The maximum absolute atomic E-state index is 12.9. The van der Waals surface area contributed by atoms with E-state index in [9.17, 15) is 26.3 Å². The Morgan fingerprint density at radius 2 is 0.882 bits per heavy atom. The molecule has 0 aromatic heterocycles. The molecule has 0 bridgehead atoms. The highest BCUT2D eigenvalue weighted by molar-refractivity contribution is 5.93. The number of rotatable bonds is 4. The summed E-state index contributed by atoms with van der Waals surface area (Å²) in [6, 6.07) is 15.3. The van der Waals surface area contributed by atoms with E-state index in [1.165, 1.54) is 0 Å². The SMILES string of the molecule is Nc1cc(C(F)(F)F)ccc1Oc1cccc2c(Oc3ccc(C(F)(F)F)cc3N)cccc12. The molecule has 0 atom stereocenters. The number of halogens is 6. The lowest BCUT2D eigenvalue weighted by atomic mass is 10.1. The van der Waals surface area contributed by atoms with Gasteiger partial charge in [0.15, 0.2) is 0 Å². The summed E-state index contributed by atoms with van der Waals surface area (Å²) in [6.45, 7) is 0. The second kappa shape index (κ2) is 8.36. The third-order valence-electron chi connectivity index (χ3n) is 4.96. The van der Waals surface area contributed by atoms with Gasteiger partial charge < -0.3 is 20.9 Å². The maximum Gasteiger partial charge on any atom is 0.416 e. The van der Waals surface area contributed by atoms with Crippen molar-refractivity contribution in [2.45, 2.75) is 12.4 Å². The Labute approximate surface area is 189 Å². The van der Waals surface area contributed by atoms with E-state index in [1.807, 2.05) is 0 Å². The molecule has 0 unspecified atom stereocenters. The number of fused-ring (bicyclic) bond motifs is 1. The summed E-state index contributed by atoms with van der Waals surface area (Å²) in [5.74, 6) is 0.627. The summed E-state index contributed by atoms with van der Waals surface area (Å²) >= 11 is 0. The van der Waals surface area contributed by atoms with Crippen molar-refractivity contribution >= 4 is 22.1 Å². The molecule has 0 saturated heterocycles. The molecular weight excluding hydrogens is 462 g/mol. The van der Waals surface area contributed by atoms with Gasteiger partial charge >= 0.3 is 12.4 Å². The van der Waals surface area contributed by atoms with Crippen molar-refractivity contribution in [3.8, 4) is 23.0 Å². The number of nitrogens with two attached hydrogens (primary N) is 2. The number of ether oxygens (including phenoxy) is 2. The first kappa shape index (κ1) is 23.1. The largest absolute Gasteiger partial charge is 0.455 e. The monoisotopic (exact) mass is 478 g/mol. The third-order valence-corrected chi connectivity index (χ3v) is 4.96. The van der Waals surface area contributed by atoms with Gasteiger partial charge in [0.2, 0.25) is 0 Å². The fourth-order valence-corrected chi connectivity index (χ4v) is 3.30. The highest BCUT2D eigenvalue weighted by atomic mass is 19.4. The van der Waals surface area contributed by atoms with E-state index < -0.39 is 23.5 Å². The van der Waals surface area contributed by atoms with E-state index in [2.05, 4.69) is 0 Å². The lowest BCUT2D eigenvalue weighted by Crippen LogP contribution is -2.06. The van der Waals surface area contributed by atoms with Crippen LogP contribution in [-0.2, 0) is 12.4 Å². The minimum absolute atomic E-state index is 0.0267. The molecule has 0 amide bonds. The highest BCUT2D eigenvalue weighted by Gasteiger charge is 2.32. The Morgan fingerprint density at radius 1 is 0.500 bits per heavy atom. The zero-order chi connectivity index (χ0) is 24.7. The Bertz CT molecular complexity index is 1260. The van der Waals surface area contributed by atoms with Crippen LogP contribution in [0.5, 0.6) is 23.0 Å². The van der Waals surface area contributed by atoms with Crippen LogP contribution in [0.3, 0.4) is 0 Å². The predicted octanol–water partition coefficient (Wildman–Crippen LogP) is 7.63. The minimum Gasteiger partial charge on any atom is -0.455 e. The fraction of sp³-hybridized carbons (Fsp3) is 0.0833. The lowest BCUT2D eigenvalue weighted by molar-refractivity contribution is -0.138. The molecule has 4 nitrogen and oxygen atoms in total. The van der Waals surface area contributed by atoms with Gasteiger partial charge in [-0.1, -0.05) is 24.3 Å². The van der Waals surface area contributed by atoms with Gasteiger partial charge in [-0.15, -0.1) is 0 Å². The molecule has 0 heterocycles. The zero-order valence-corrected chi connectivity index (χ0v) is 17.2. The number of hydrogen-bond acceptors (Lipinski definition) is 4. The summed E-state index contributed by atoms with van der Waals surface area (Å²) in [7, 11) is 0. The van der Waals surface area contributed by atoms with Crippen molar-refractivity contribution in [2.24, 2.45) is 0 Å². The summed E-state index contributed by atoms with van der Waals surface area (Å²) in [4.78, 5) is 0. The van der Waals surface area contributed by atoms with E-state index >= 15 is 0 Å². The molecule has 0 spiro atoms. The smallest absolute Gasteiger partial charge is 0.416 e. The van der Waals surface area contributed by atoms with Crippen LogP contribution >= 0.6 is 0 Å². The molecule has 0 aliphatic heterocycles. The van der Waals surface area contributed by atoms with Gasteiger partial charge in [-0.05, 0) is 48.5 Å². The van der Waals surface area contributed by atoms with E-state index in [-0.39, 0.29) is 34.4 Å². The fourth-order valence-electron chi connectivity index (χ4n) is 3.30. The van der Waals surface area contributed by atoms with E-state index in [0.717, 1.165) is 36.4 Å². The van der Waals surface area contributed by atoms with Crippen molar-refractivity contribution < 1.29 is 35.8 Å². The van der Waals surface area contributed by atoms with Gasteiger partial charge in [0.25, 0.3) is 0 Å². The molecule has 10 heteroatoms. The topological polar surface area (TPSA) is 70.5 Å². The molecule has 4 rings (SSSR count). The summed E-state index contributed by atoms with van der Waals surface area (Å²) in [5.41, 5.74) is 9.32. The Balaban J connectivity index is 1.67. The molecule has 176 valence electrons. The second-order valence-corrected chi connectivity index (χ2v) is 7.31. The maximum atomic E-state index is 12.9. The Morgan fingerprint density at radius 3 is 1.21 bits per heavy atom. The molecular formula is C24H16F6N2O2. The van der Waals surface area contributed by atoms with Crippen LogP contribution < -0.4 is 20.9 Å². The molecule has 0 fully saturated rings.